The molecule has 0 radical (unpaired) electrons. The number of likely N-dealkylation sites (N-methyl/N-ethyl adjacent to an activating group) is 1. The first-order valence-corrected chi connectivity index (χ1v) is 11.4. The number of sulfonamides is 1. The molecule has 2 aromatic rings. The average Bonchev–Trinajstić information content (AvgIpc) is 3.29. The van der Waals surface area contributed by atoms with E-state index in [2.05, 4.69) is 15.2 Å². The Hall–Kier alpha value is -2.49. The van der Waals surface area contributed by atoms with E-state index >= 15 is 0 Å². The molecule has 1 fully saturated rings. The highest BCUT2D eigenvalue weighted by atomic mass is 32.2. The average molecular weight is 433 g/mol. The Bertz CT molecular complexity index is 929. The van der Waals surface area contributed by atoms with E-state index in [1.807, 2.05) is 24.3 Å². The van der Waals surface area contributed by atoms with E-state index in [0.717, 1.165) is 41.5 Å². The molecule has 162 valence electrons. The summed E-state index contributed by atoms with van der Waals surface area (Å²) < 4.78 is 31.4. The van der Waals surface area contributed by atoms with Crippen LogP contribution in [0.25, 0.3) is 0 Å². The van der Waals surface area contributed by atoms with Crippen LogP contribution in [0.1, 0.15) is 24.4 Å². The fourth-order valence-electron chi connectivity index (χ4n) is 3.57. The molecule has 3 rings (SSSR count). The first-order chi connectivity index (χ1) is 14.4. The van der Waals surface area contributed by atoms with Gasteiger partial charge in [0.25, 0.3) is 0 Å². The number of hydrogen-bond donors (Lipinski definition) is 1. The van der Waals surface area contributed by atoms with E-state index < -0.39 is 10.0 Å². The van der Waals surface area contributed by atoms with E-state index in [0.29, 0.717) is 6.54 Å². The van der Waals surface area contributed by atoms with Gasteiger partial charge < -0.3 is 10.1 Å². The molecule has 30 heavy (non-hydrogen) atoms. The maximum atomic E-state index is 12.6. The first-order valence-electron chi connectivity index (χ1n) is 9.93. The van der Waals surface area contributed by atoms with Crippen molar-refractivity contribution in [1.82, 2.24) is 19.5 Å². The lowest BCUT2D eigenvalue weighted by Gasteiger charge is -2.28. The molecule has 1 saturated heterocycles. The summed E-state index contributed by atoms with van der Waals surface area (Å²) in [6, 6.07) is 10.9. The Morgan fingerprint density at radius 2 is 1.93 bits per heavy atom. The Balaban J connectivity index is 1.63. The third kappa shape index (κ3) is 5.35. The van der Waals surface area contributed by atoms with Crippen LogP contribution in [-0.2, 0) is 14.8 Å². The van der Waals surface area contributed by atoms with Crippen molar-refractivity contribution in [2.75, 3.05) is 40.3 Å². The van der Waals surface area contributed by atoms with Gasteiger partial charge in [-0.3, -0.25) is 14.7 Å². The van der Waals surface area contributed by atoms with Gasteiger partial charge in [0.15, 0.2) is 0 Å². The number of hydrogen-bond acceptors (Lipinski definition) is 6. The third-order valence-electron chi connectivity index (χ3n) is 5.28. The van der Waals surface area contributed by atoms with E-state index in [-0.39, 0.29) is 23.4 Å². The van der Waals surface area contributed by atoms with Gasteiger partial charge in [-0.1, -0.05) is 12.1 Å². The van der Waals surface area contributed by atoms with Gasteiger partial charge in [0, 0.05) is 26.0 Å². The lowest BCUT2D eigenvalue weighted by molar-refractivity contribution is -0.121. The van der Waals surface area contributed by atoms with Crippen LogP contribution in [0.4, 0.5) is 0 Å². The van der Waals surface area contributed by atoms with Crippen molar-refractivity contribution in [2.24, 2.45) is 0 Å². The van der Waals surface area contributed by atoms with Crippen LogP contribution in [0, 0.1) is 0 Å². The van der Waals surface area contributed by atoms with Crippen LogP contribution < -0.4 is 10.1 Å². The van der Waals surface area contributed by atoms with E-state index in [9.17, 15) is 13.2 Å². The maximum absolute atomic E-state index is 12.6. The summed E-state index contributed by atoms with van der Waals surface area (Å²) in [5.41, 5.74) is 1.09. The molecule has 1 unspecified atom stereocenters. The number of methoxy groups -OCH3 is 1. The molecule has 1 aliphatic heterocycles. The number of nitrogens with zero attached hydrogens (tertiary/aromatic N) is 3. The van der Waals surface area contributed by atoms with Gasteiger partial charge in [-0.15, -0.1) is 0 Å². The predicted octanol–water partition coefficient (Wildman–Crippen LogP) is 1.66. The summed E-state index contributed by atoms with van der Waals surface area (Å²) in [6.07, 6.45) is 5.04. The fourth-order valence-corrected chi connectivity index (χ4v) is 4.66. The highest BCUT2D eigenvalue weighted by molar-refractivity contribution is 7.89. The van der Waals surface area contributed by atoms with Crippen LogP contribution in [0.15, 0.2) is 53.7 Å². The Morgan fingerprint density at radius 1 is 1.23 bits per heavy atom. The number of carbonyl (C=O) groups is 1. The number of amides is 1. The van der Waals surface area contributed by atoms with Crippen molar-refractivity contribution in [1.29, 1.82) is 0 Å². The van der Waals surface area contributed by atoms with Gasteiger partial charge in [-0.2, -0.15) is 4.31 Å². The normalized spacial score (nSPS) is 15.8. The molecule has 0 bridgehead atoms. The molecule has 0 saturated carbocycles. The second kappa shape index (κ2) is 10.0. The van der Waals surface area contributed by atoms with E-state index in [1.54, 1.807) is 13.2 Å². The SMILES string of the molecule is COc1ccc(C(CNC(=O)CN(C)S(=O)(=O)c2cccnc2)N2CCCC2)cc1. The minimum atomic E-state index is -3.76. The number of rotatable bonds is 9. The fraction of sp³-hybridized carbons (Fsp3) is 0.429. The van der Waals surface area contributed by atoms with E-state index in [4.69, 9.17) is 4.74 Å². The quantitative estimate of drug-likeness (QED) is 0.648. The molecule has 8 nitrogen and oxygen atoms in total. The molecular weight excluding hydrogens is 404 g/mol. The third-order valence-corrected chi connectivity index (χ3v) is 7.07. The minimum Gasteiger partial charge on any atom is -0.497 e. The Labute approximate surface area is 177 Å². The summed E-state index contributed by atoms with van der Waals surface area (Å²) in [7, 11) is -0.742. The predicted molar refractivity (Wildman–Crippen MR) is 114 cm³/mol. The zero-order chi connectivity index (χ0) is 21.6. The van der Waals surface area contributed by atoms with Gasteiger partial charge in [-0.05, 0) is 55.8 Å². The number of ether oxygens (including phenoxy) is 1. The van der Waals surface area contributed by atoms with Gasteiger partial charge in [0.1, 0.15) is 10.6 Å². The molecule has 0 aliphatic carbocycles. The topological polar surface area (TPSA) is 91.8 Å². The number of benzene rings is 1. The van der Waals surface area contributed by atoms with Crippen molar-refractivity contribution < 1.29 is 17.9 Å². The summed E-state index contributed by atoms with van der Waals surface area (Å²) >= 11 is 0. The van der Waals surface area contributed by atoms with Crippen LogP contribution in [0.2, 0.25) is 0 Å². The Morgan fingerprint density at radius 3 is 2.53 bits per heavy atom. The summed E-state index contributed by atoms with van der Waals surface area (Å²) in [4.78, 5) is 18.8. The summed E-state index contributed by atoms with van der Waals surface area (Å²) in [5, 5.41) is 2.91. The first kappa shape index (κ1) is 22.2. The molecule has 1 aliphatic rings. The maximum Gasteiger partial charge on any atom is 0.244 e. The second-order valence-electron chi connectivity index (χ2n) is 7.29. The van der Waals surface area contributed by atoms with Crippen LogP contribution in [-0.4, -0.2) is 68.9 Å². The highest BCUT2D eigenvalue weighted by Crippen LogP contribution is 2.26. The summed E-state index contributed by atoms with van der Waals surface area (Å²) in [5.74, 6) is 0.438. The van der Waals surface area contributed by atoms with Crippen LogP contribution in [0.5, 0.6) is 5.75 Å². The van der Waals surface area contributed by atoms with Crippen molar-refractivity contribution in [3.8, 4) is 5.75 Å². The lowest BCUT2D eigenvalue weighted by Crippen LogP contribution is -2.42. The van der Waals surface area contributed by atoms with Gasteiger partial charge in [-0.25, -0.2) is 8.42 Å². The monoisotopic (exact) mass is 432 g/mol. The van der Waals surface area contributed by atoms with Crippen LogP contribution in [0.3, 0.4) is 0 Å². The van der Waals surface area contributed by atoms with Crippen LogP contribution >= 0.6 is 0 Å². The summed E-state index contributed by atoms with van der Waals surface area (Å²) in [6.45, 7) is 2.10. The number of nitrogens with one attached hydrogen (secondary N) is 1. The highest BCUT2D eigenvalue weighted by Gasteiger charge is 2.26. The number of pyridine rings is 1. The lowest BCUT2D eigenvalue weighted by atomic mass is 10.1. The minimum absolute atomic E-state index is 0.0302. The molecule has 1 amide bonds. The largest absolute Gasteiger partial charge is 0.497 e. The zero-order valence-electron chi connectivity index (χ0n) is 17.3. The Kier molecular flexibility index (Phi) is 7.41. The van der Waals surface area contributed by atoms with Crippen molar-refractivity contribution >= 4 is 15.9 Å². The van der Waals surface area contributed by atoms with Gasteiger partial charge in [0.2, 0.25) is 15.9 Å². The van der Waals surface area contributed by atoms with Gasteiger partial charge >= 0.3 is 0 Å². The standard InChI is InChI=1S/C21H28N4O4S/c1-24(30(27,28)19-6-5-11-22-14-19)16-21(26)23-15-20(25-12-3-4-13-25)17-7-9-18(29-2)10-8-17/h5-11,14,20H,3-4,12-13,15-16H2,1-2H3,(H,23,26). The molecule has 9 heteroatoms. The number of likely N-dealkylation sites (tertiary alicyclic amines) is 1. The van der Waals surface area contributed by atoms with Crippen molar-refractivity contribution in [2.45, 2.75) is 23.8 Å². The molecule has 1 aromatic heterocycles. The zero-order valence-corrected chi connectivity index (χ0v) is 18.1. The molecule has 1 aromatic carbocycles. The number of aromatic nitrogens is 1. The van der Waals surface area contributed by atoms with Crippen molar-refractivity contribution in [3.05, 3.63) is 54.4 Å². The number of carbonyl (C=O) groups excluding carboxylic acids is 1. The molecule has 0 spiro atoms. The van der Waals surface area contributed by atoms with Gasteiger partial charge in [0.05, 0.1) is 19.7 Å². The molecule has 2 heterocycles. The molecule has 1 atom stereocenters. The second-order valence-corrected chi connectivity index (χ2v) is 9.33. The smallest absolute Gasteiger partial charge is 0.244 e. The molecule has 1 N–H and O–H groups in total. The molecular formula is C21H28N4O4S. The van der Waals surface area contributed by atoms with Crippen molar-refractivity contribution in [3.63, 3.8) is 0 Å². The van der Waals surface area contributed by atoms with E-state index in [1.165, 1.54) is 25.5 Å².